The molecule has 2 atom stereocenters. The first-order valence-corrected chi connectivity index (χ1v) is 7.32. The predicted octanol–water partition coefficient (Wildman–Crippen LogP) is 1.55. The van der Waals surface area contributed by atoms with Crippen LogP contribution < -0.4 is 5.32 Å². The number of nitrogens with zero attached hydrogens (tertiary/aromatic N) is 2. The Hall–Kier alpha value is -0.870. The Morgan fingerprint density at radius 2 is 2.44 bits per heavy atom. The fourth-order valence-corrected chi connectivity index (χ4v) is 3.39. The van der Waals surface area contributed by atoms with Crippen molar-refractivity contribution in [2.45, 2.75) is 45.2 Å². The van der Waals surface area contributed by atoms with Gasteiger partial charge < -0.3 is 15.2 Å². The molecule has 0 spiro atoms. The number of hydrogen-bond donors (Lipinski definition) is 2. The quantitative estimate of drug-likeness (QED) is 0.849. The lowest BCUT2D eigenvalue weighted by Gasteiger charge is -2.27. The van der Waals surface area contributed by atoms with E-state index in [9.17, 15) is 0 Å². The maximum atomic E-state index is 4.41. The molecule has 4 heteroatoms. The van der Waals surface area contributed by atoms with Gasteiger partial charge in [-0.2, -0.15) is 0 Å². The molecule has 1 fully saturated rings. The summed E-state index contributed by atoms with van der Waals surface area (Å²) in [6.07, 6.45) is 7.03. The Labute approximate surface area is 109 Å². The Balaban J connectivity index is 1.50. The van der Waals surface area contributed by atoms with Crippen LogP contribution in [-0.4, -0.2) is 40.5 Å². The maximum Gasteiger partial charge on any atom is 0.0925 e. The van der Waals surface area contributed by atoms with Crippen molar-refractivity contribution in [3.63, 3.8) is 0 Å². The molecule has 18 heavy (non-hydrogen) atoms. The molecule has 100 valence electrons. The summed E-state index contributed by atoms with van der Waals surface area (Å²) in [5.41, 5.74) is 2.54. The van der Waals surface area contributed by atoms with Gasteiger partial charge in [0, 0.05) is 32.1 Å². The van der Waals surface area contributed by atoms with Gasteiger partial charge in [-0.3, -0.25) is 0 Å². The van der Waals surface area contributed by atoms with E-state index in [1.54, 1.807) is 0 Å². The lowest BCUT2D eigenvalue weighted by Crippen LogP contribution is -2.44. The lowest BCUT2D eigenvalue weighted by molar-refractivity contribution is 0.270. The van der Waals surface area contributed by atoms with Crippen LogP contribution in [0.1, 0.15) is 37.6 Å². The number of imidazole rings is 1. The monoisotopic (exact) mass is 248 g/mol. The van der Waals surface area contributed by atoms with Crippen LogP contribution in [0.2, 0.25) is 0 Å². The van der Waals surface area contributed by atoms with Crippen molar-refractivity contribution in [2.75, 3.05) is 19.6 Å². The molecule has 4 nitrogen and oxygen atoms in total. The normalized spacial score (nSPS) is 28.5. The zero-order valence-electron chi connectivity index (χ0n) is 11.3. The van der Waals surface area contributed by atoms with Gasteiger partial charge in [0.25, 0.3) is 0 Å². The summed E-state index contributed by atoms with van der Waals surface area (Å²) in [6, 6.07) is 0.584. The number of fused-ring (bicyclic) bond motifs is 1. The van der Waals surface area contributed by atoms with E-state index < -0.39 is 0 Å². The molecule has 2 aliphatic heterocycles. The number of hydrogen-bond acceptors (Lipinski definition) is 3. The van der Waals surface area contributed by atoms with Crippen molar-refractivity contribution >= 4 is 0 Å². The van der Waals surface area contributed by atoms with Gasteiger partial charge in [0.1, 0.15) is 0 Å². The van der Waals surface area contributed by atoms with Crippen molar-refractivity contribution < 1.29 is 0 Å². The van der Waals surface area contributed by atoms with Gasteiger partial charge in [-0.15, -0.1) is 0 Å². The second kappa shape index (κ2) is 5.41. The molecule has 2 unspecified atom stereocenters. The van der Waals surface area contributed by atoms with Crippen molar-refractivity contribution in [2.24, 2.45) is 5.92 Å². The van der Waals surface area contributed by atoms with Crippen LogP contribution in [-0.2, 0) is 13.0 Å². The van der Waals surface area contributed by atoms with E-state index in [1.807, 2.05) is 6.33 Å². The van der Waals surface area contributed by atoms with Crippen molar-refractivity contribution in [1.29, 1.82) is 0 Å². The Morgan fingerprint density at radius 1 is 1.50 bits per heavy atom. The minimum absolute atomic E-state index is 0.584. The molecule has 1 aromatic heterocycles. The highest BCUT2D eigenvalue weighted by Gasteiger charge is 2.26. The Morgan fingerprint density at radius 3 is 3.33 bits per heavy atom. The number of aromatic amines is 1. The van der Waals surface area contributed by atoms with Crippen molar-refractivity contribution in [3.05, 3.63) is 17.7 Å². The van der Waals surface area contributed by atoms with Crippen LogP contribution in [0, 0.1) is 5.92 Å². The number of aromatic nitrogens is 2. The van der Waals surface area contributed by atoms with Crippen LogP contribution >= 0.6 is 0 Å². The van der Waals surface area contributed by atoms with Gasteiger partial charge in [-0.1, -0.05) is 13.3 Å². The molecule has 3 heterocycles. The zero-order chi connectivity index (χ0) is 12.4. The molecule has 3 rings (SSSR count). The fourth-order valence-electron chi connectivity index (χ4n) is 3.39. The molecule has 0 aliphatic carbocycles. The summed E-state index contributed by atoms with van der Waals surface area (Å²) in [5.74, 6) is 0.944. The van der Waals surface area contributed by atoms with Gasteiger partial charge in [-0.25, -0.2) is 4.98 Å². The van der Waals surface area contributed by atoms with Gasteiger partial charge in [-0.05, 0) is 25.3 Å². The van der Waals surface area contributed by atoms with E-state index >= 15 is 0 Å². The SMILES string of the molecule is CCCC1CCN(CC2Cc3nc[nH]c3CN2)C1. The molecule has 0 saturated carbocycles. The highest BCUT2D eigenvalue weighted by molar-refractivity contribution is 5.16. The molecule has 1 aromatic rings. The zero-order valence-corrected chi connectivity index (χ0v) is 11.3. The van der Waals surface area contributed by atoms with E-state index in [2.05, 4.69) is 27.1 Å². The third kappa shape index (κ3) is 2.59. The Bertz CT molecular complexity index is 387. The van der Waals surface area contributed by atoms with Crippen molar-refractivity contribution in [1.82, 2.24) is 20.2 Å². The number of rotatable bonds is 4. The summed E-state index contributed by atoms with van der Waals surface area (Å²) in [7, 11) is 0. The lowest BCUT2D eigenvalue weighted by atomic mass is 10.0. The highest BCUT2D eigenvalue weighted by atomic mass is 15.2. The molecule has 0 amide bonds. The Kier molecular flexibility index (Phi) is 3.66. The predicted molar refractivity (Wildman–Crippen MR) is 72.4 cm³/mol. The van der Waals surface area contributed by atoms with Crippen LogP contribution in [0.3, 0.4) is 0 Å². The minimum Gasteiger partial charge on any atom is -0.347 e. The third-order valence-electron chi connectivity index (χ3n) is 4.36. The molecular formula is C14H24N4. The topological polar surface area (TPSA) is 44.0 Å². The average molecular weight is 248 g/mol. The first-order valence-electron chi connectivity index (χ1n) is 7.32. The average Bonchev–Trinajstić information content (AvgIpc) is 2.98. The van der Waals surface area contributed by atoms with E-state index in [-0.39, 0.29) is 0 Å². The van der Waals surface area contributed by atoms with E-state index in [4.69, 9.17) is 0 Å². The van der Waals surface area contributed by atoms with Crippen LogP contribution in [0.15, 0.2) is 6.33 Å². The van der Waals surface area contributed by atoms with E-state index in [0.717, 1.165) is 18.9 Å². The standard InChI is InChI=1S/C14H24N4/c1-2-3-11-4-5-18(8-11)9-12-6-13-14(7-15-12)17-10-16-13/h10-12,15H,2-9H2,1H3,(H,16,17). The van der Waals surface area contributed by atoms with Gasteiger partial charge in [0.2, 0.25) is 0 Å². The summed E-state index contributed by atoms with van der Waals surface area (Å²) >= 11 is 0. The minimum atomic E-state index is 0.584. The van der Waals surface area contributed by atoms with Crippen LogP contribution in [0.5, 0.6) is 0 Å². The van der Waals surface area contributed by atoms with Gasteiger partial charge in [0.15, 0.2) is 0 Å². The molecular weight excluding hydrogens is 224 g/mol. The number of likely N-dealkylation sites (tertiary alicyclic amines) is 1. The number of nitrogens with one attached hydrogen (secondary N) is 2. The smallest absolute Gasteiger partial charge is 0.0925 e. The summed E-state index contributed by atoms with van der Waals surface area (Å²) in [6.45, 7) is 7.03. The number of H-pyrrole nitrogens is 1. The summed E-state index contributed by atoms with van der Waals surface area (Å²) in [5, 5.41) is 3.62. The van der Waals surface area contributed by atoms with Crippen molar-refractivity contribution in [3.8, 4) is 0 Å². The van der Waals surface area contributed by atoms with E-state index in [1.165, 1.54) is 50.3 Å². The van der Waals surface area contributed by atoms with Gasteiger partial charge in [0.05, 0.1) is 17.7 Å². The fraction of sp³-hybridized carbons (Fsp3) is 0.786. The summed E-state index contributed by atoms with van der Waals surface area (Å²) in [4.78, 5) is 10.3. The maximum absolute atomic E-state index is 4.41. The molecule has 0 bridgehead atoms. The largest absolute Gasteiger partial charge is 0.347 e. The first-order chi connectivity index (χ1) is 8.85. The van der Waals surface area contributed by atoms with Crippen LogP contribution in [0.4, 0.5) is 0 Å². The van der Waals surface area contributed by atoms with Gasteiger partial charge >= 0.3 is 0 Å². The third-order valence-corrected chi connectivity index (χ3v) is 4.36. The molecule has 2 N–H and O–H groups in total. The molecule has 0 radical (unpaired) electrons. The molecule has 0 aromatic carbocycles. The first kappa shape index (κ1) is 12.2. The van der Waals surface area contributed by atoms with E-state index in [0.29, 0.717) is 6.04 Å². The molecule has 2 aliphatic rings. The highest BCUT2D eigenvalue weighted by Crippen LogP contribution is 2.22. The second-order valence-electron chi connectivity index (χ2n) is 5.81. The second-order valence-corrected chi connectivity index (χ2v) is 5.81. The molecule has 1 saturated heterocycles. The van der Waals surface area contributed by atoms with Crippen LogP contribution in [0.25, 0.3) is 0 Å². The summed E-state index contributed by atoms with van der Waals surface area (Å²) < 4.78 is 0.